The summed E-state index contributed by atoms with van der Waals surface area (Å²) < 4.78 is 5.55. The van der Waals surface area contributed by atoms with Crippen LogP contribution >= 0.6 is 0 Å². The molecule has 4 heteroatoms. The number of hydrogen-bond donors (Lipinski definition) is 1. The van der Waals surface area contributed by atoms with Crippen LogP contribution in [0.5, 0.6) is 0 Å². The molecule has 1 N–H and O–H groups in total. The Labute approximate surface area is 91.0 Å². The van der Waals surface area contributed by atoms with Crippen LogP contribution in [-0.4, -0.2) is 49.7 Å². The zero-order chi connectivity index (χ0) is 10.8. The van der Waals surface area contributed by atoms with Crippen molar-refractivity contribution in [2.45, 2.75) is 31.9 Å². The highest BCUT2D eigenvalue weighted by Crippen LogP contribution is 2.25. The van der Waals surface area contributed by atoms with Crippen molar-refractivity contribution in [3.63, 3.8) is 0 Å². The van der Waals surface area contributed by atoms with Gasteiger partial charge >= 0.3 is 0 Å². The Morgan fingerprint density at radius 3 is 2.80 bits per heavy atom. The lowest BCUT2D eigenvalue weighted by atomic mass is 9.97. The van der Waals surface area contributed by atoms with E-state index in [4.69, 9.17) is 4.74 Å². The molecule has 2 saturated heterocycles. The van der Waals surface area contributed by atoms with Crippen LogP contribution in [0.3, 0.4) is 0 Å². The van der Waals surface area contributed by atoms with E-state index in [9.17, 15) is 4.79 Å². The number of ether oxygens (including phenoxy) is 1. The number of carbonyl (C=O) groups excluding carboxylic acids is 1. The molecule has 2 unspecified atom stereocenters. The summed E-state index contributed by atoms with van der Waals surface area (Å²) in [5, 5.41) is 3.19. The lowest BCUT2D eigenvalue weighted by molar-refractivity contribution is -0.139. The normalized spacial score (nSPS) is 31.3. The molecule has 0 saturated carbocycles. The van der Waals surface area contributed by atoms with Crippen LogP contribution in [0.4, 0.5) is 0 Å². The third-order valence-electron chi connectivity index (χ3n) is 3.58. The highest BCUT2D eigenvalue weighted by molar-refractivity contribution is 5.80. The van der Waals surface area contributed by atoms with E-state index < -0.39 is 0 Å². The Balaban J connectivity index is 1.93. The van der Waals surface area contributed by atoms with E-state index >= 15 is 0 Å². The van der Waals surface area contributed by atoms with Crippen LogP contribution in [-0.2, 0) is 9.53 Å². The van der Waals surface area contributed by atoms with Crippen LogP contribution in [0, 0.1) is 5.92 Å². The molecule has 2 fully saturated rings. The molecule has 0 bridgehead atoms. The van der Waals surface area contributed by atoms with Crippen molar-refractivity contribution in [2.75, 3.05) is 26.7 Å². The SMILES string of the molecule is CCC1OCCC1C(=O)N(C)C1CNC1. The number of amides is 1. The van der Waals surface area contributed by atoms with Gasteiger partial charge in [-0.15, -0.1) is 0 Å². The zero-order valence-corrected chi connectivity index (χ0v) is 9.53. The van der Waals surface area contributed by atoms with Gasteiger partial charge in [0.25, 0.3) is 0 Å². The molecule has 15 heavy (non-hydrogen) atoms. The van der Waals surface area contributed by atoms with Gasteiger partial charge in [0.15, 0.2) is 0 Å². The fourth-order valence-electron chi connectivity index (χ4n) is 2.32. The molecule has 86 valence electrons. The minimum atomic E-state index is 0.0978. The van der Waals surface area contributed by atoms with Crippen molar-refractivity contribution in [3.05, 3.63) is 0 Å². The van der Waals surface area contributed by atoms with Gasteiger partial charge in [-0.25, -0.2) is 0 Å². The van der Waals surface area contributed by atoms with Crippen LogP contribution in [0.1, 0.15) is 19.8 Å². The Bertz CT molecular complexity index is 241. The first-order valence-corrected chi connectivity index (χ1v) is 5.83. The molecule has 1 amide bonds. The van der Waals surface area contributed by atoms with Gasteiger partial charge in [0, 0.05) is 26.7 Å². The second kappa shape index (κ2) is 4.49. The number of hydrogen-bond acceptors (Lipinski definition) is 3. The molecule has 4 nitrogen and oxygen atoms in total. The quantitative estimate of drug-likeness (QED) is 0.728. The van der Waals surface area contributed by atoms with E-state index in [1.807, 2.05) is 11.9 Å². The highest BCUT2D eigenvalue weighted by Gasteiger charge is 2.37. The molecule has 2 aliphatic rings. The van der Waals surface area contributed by atoms with E-state index in [2.05, 4.69) is 12.2 Å². The van der Waals surface area contributed by atoms with Gasteiger partial charge in [-0.3, -0.25) is 4.79 Å². The maximum Gasteiger partial charge on any atom is 0.228 e. The van der Waals surface area contributed by atoms with Crippen LogP contribution in [0.25, 0.3) is 0 Å². The molecule has 0 spiro atoms. The highest BCUT2D eigenvalue weighted by atomic mass is 16.5. The summed E-state index contributed by atoms with van der Waals surface area (Å²) in [5.74, 6) is 0.367. The predicted octanol–water partition coefficient (Wildman–Crippen LogP) is 0.232. The van der Waals surface area contributed by atoms with Gasteiger partial charge in [-0.1, -0.05) is 6.92 Å². The van der Waals surface area contributed by atoms with Crippen molar-refractivity contribution >= 4 is 5.91 Å². The van der Waals surface area contributed by atoms with Gasteiger partial charge < -0.3 is 15.0 Å². The lowest BCUT2D eigenvalue weighted by Gasteiger charge is -2.37. The largest absolute Gasteiger partial charge is 0.377 e. The maximum atomic E-state index is 12.2. The molecule has 2 heterocycles. The van der Waals surface area contributed by atoms with Crippen molar-refractivity contribution in [2.24, 2.45) is 5.92 Å². The summed E-state index contributed by atoms with van der Waals surface area (Å²) in [4.78, 5) is 14.1. The van der Waals surface area contributed by atoms with Crippen molar-refractivity contribution < 1.29 is 9.53 Å². The van der Waals surface area contributed by atoms with Crippen LogP contribution in [0.15, 0.2) is 0 Å². The summed E-state index contributed by atoms with van der Waals surface area (Å²) in [7, 11) is 1.92. The number of likely N-dealkylation sites (N-methyl/N-ethyl adjacent to an activating group) is 1. The fraction of sp³-hybridized carbons (Fsp3) is 0.909. The van der Waals surface area contributed by atoms with Crippen molar-refractivity contribution in [1.29, 1.82) is 0 Å². The zero-order valence-electron chi connectivity index (χ0n) is 9.53. The smallest absolute Gasteiger partial charge is 0.228 e. The van der Waals surface area contributed by atoms with Gasteiger partial charge in [-0.05, 0) is 12.8 Å². The number of carbonyl (C=O) groups is 1. The number of nitrogens with zero attached hydrogens (tertiary/aromatic N) is 1. The summed E-state index contributed by atoms with van der Waals surface area (Å²) >= 11 is 0. The van der Waals surface area contributed by atoms with Crippen molar-refractivity contribution in [1.82, 2.24) is 10.2 Å². The van der Waals surface area contributed by atoms with E-state index in [-0.39, 0.29) is 17.9 Å². The lowest BCUT2D eigenvalue weighted by Crippen LogP contribution is -2.58. The molecule has 0 aliphatic carbocycles. The third kappa shape index (κ3) is 2.01. The fourth-order valence-corrected chi connectivity index (χ4v) is 2.32. The second-order valence-corrected chi connectivity index (χ2v) is 4.47. The predicted molar refractivity (Wildman–Crippen MR) is 57.6 cm³/mol. The Morgan fingerprint density at radius 2 is 2.27 bits per heavy atom. The maximum absolute atomic E-state index is 12.2. The number of nitrogens with one attached hydrogen (secondary N) is 1. The van der Waals surface area contributed by atoms with E-state index in [1.165, 1.54) is 0 Å². The Hall–Kier alpha value is -0.610. The van der Waals surface area contributed by atoms with Gasteiger partial charge in [0.1, 0.15) is 0 Å². The standard InChI is InChI=1S/C11H20N2O2/c1-3-10-9(4-5-15-10)11(14)13(2)8-6-12-7-8/h8-10,12H,3-7H2,1-2H3. The van der Waals surface area contributed by atoms with E-state index in [0.29, 0.717) is 6.04 Å². The molecular formula is C11H20N2O2. The minimum Gasteiger partial charge on any atom is -0.377 e. The number of rotatable bonds is 3. The second-order valence-electron chi connectivity index (χ2n) is 4.47. The summed E-state index contributed by atoms with van der Waals surface area (Å²) in [6, 6.07) is 0.399. The molecule has 0 aromatic heterocycles. The average Bonchev–Trinajstić information content (AvgIpc) is 2.61. The average molecular weight is 212 g/mol. The van der Waals surface area contributed by atoms with E-state index in [1.54, 1.807) is 0 Å². The molecular weight excluding hydrogens is 192 g/mol. The van der Waals surface area contributed by atoms with Gasteiger partial charge in [-0.2, -0.15) is 0 Å². The van der Waals surface area contributed by atoms with Gasteiger partial charge in [0.05, 0.1) is 18.1 Å². The Morgan fingerprint density at radius 1 is 1.53 bits per heavy atom. The summed E-state index contributed by atoms with van der Waals surface area (Å²) in [6.45, 7) is 4.70. The molecule has 0 aromatic carbocycles. The molecule has 2 atom stereocenters. The molecule has 0 radical (unpaired) electrons. The molecule has 2 aliphatic heterocycles. The van der Waals surface area contributed by atoms with Crippen LogP contribution in [0.2, 0.25) is 0 Å². The van der Waals surface area contributed by atoms with Gasteiger partial charge in [0.2, 0.25) is 5.91 Å². The minimum absolute atomic E-state index is 0.0978. The molecule has 2 rings (SSSR count). The van der Waals surface area contributed by atoms with E-state index in [0.717, 1.165) is 32.5 Å². The first-order chi connectivity index (χ1) is 7.24. The topological polar surface area (TPSA) is 41.6 Å². The summed E-state index contributed by atoms with van der Waals surface area (Å²) in [5.41, 5.74) is 0. The van der Waals surface area contributed by atoms with Crippen LogP contribution < -0.4 is 5.32 Å². The summed E-state index contributed by atoms with van der Waals surface area (Å²) in [6.07, 6.45) is 1.97. The Kier molecular flexibility index (Phi) is 3.26. The monoisotopic (exact) mass is 212 g/mol. The first kappa shape index (κ1) is 10.9. The first-order valence-electron chi connectivity index (χ1n) is 5.83. The van der Waals surface area contributed by atoms with Crippen molar-refractivity contribution in [3.8, 4) is 0 Å². The molecule has 0 aromatic rings. The third-order valence-corrected chi connectivity index (χ3v) is 3.58.